The van der Waals surface area contributed by atoms with Crippen LogP contribution in [0.5, 0.6) is 0 Å². The fourth-order valence-electron chi connectivity index (χ4n) is 1.79. The predicted octanol–water partition coefficient (Wildman–Crippen LogP) is 1.39. The Balaban J connectivity index is 2.21. The van der Waals surface area contributed by atoms with Gasteiger partial charge in [0.05, 0.1) is 5.82 Å². The molecule has 0 atom stereocenters. The van der Waals surface area contributed by atoms with E-state index in [9.17, 15) is 0 Å². The number of nitrogens with one attached hydrogen (secondary N) is 2. The van der Waals surface area contributed by atoms with Crippen molar-refractivity contribution in [2.45, 2.75) is 33.2 Å². The van der Waals surface area contributed by atoms with Crippen molar-refractivity contribution in [3.8, 4) is 0 Å². The monoisotopic (exact) mass is 211 g/mol. The zero-order chi connectivity index (χ0) is 11.3. The van der Waals surface area contributed by atoms with Crippen LogP contribution in [0.2, 0.25) is 0 Å². The van der Waals surface area contributed by atoms with E-state index in [1.165, 1.54) is 5.82 Å². The van der Waals surface area contributed by atoms with E-state index in [0.29, 0.717) is 6.04 Å². The molecule has 1 saturated heterocycles. The molecule has 2 N–H and O–H groups in total. The Morgan fingerprint density at radius 3 is 2.60 bits per heavy atom. The molecule has 88 valence electrons. The van der Waals surface area contributed by atoms with Gasteiger partial charge in [-0.25, -0.2) is 0 Å². The molecule has 1 heterocycles. The Bertz CT molecular complexity index is 205. The number of rotatable bonds is 6. The number of likely N-dealkylation sites (tertiary alicyclic amines) is 1. The molecule has 0 aromatic carbocycles. The lowest BCUT2D eigenvalue weighted by atomic mass is 10.1. The molecule has 0 radical (unpaired) electrons. The maximum atomic E-state index is 3.57. The van der Waals surface area contributed by atoms with Crippen molar-refractivity contribution in [3.63, 3.8) is 0 Å². The molecule has 3 nitrogen and oxygen atoms in total. The maximum absolute atomic E-state index is 3.57. The predicted molar refractivity (Wildman–Crippen MR) is 65.6 cm³/mol. The summed E-state index contributed by atoms with van der Waals surface area (Å²) >= 11 is 0. The highest BCUT2D eigenvalue weighted by Gasteiger charge is 2.27. The first-order chi connectivity index (χ1) is 7.17. The van der Waals surface area contributed by atoms with Gasteiger partial charge in [-0.3, -0.25) is 0 Å². The van der Waals surface area contributed by atoms with Gasteiger partial charge < -0.3 is 15.5 Å². The first kappa shape index (κ1) is 12.4. The molecule has 15 heavy (non-hydrogen) atoms. The van der Waals surface area contributed by atoms with E-state index >= 15 is 0 Å². The Hall–Kier alpha value is -0.700. The molecule has 1 aliphatic rings. The van der Waals surface area contributed by atoms with Crippen LogP contribution in [0.25, 0.3) is 0 Å². The second-order valence-corrected chi connectivity index (χ2v) is 4.65. The fourth-order valence-corrected chi connectivity index (χ4v) is 1.79. The summed E-state index contributed by atoms with van der Waals surface area (Å²) in [7, 11) is 2.00. The molecule has 0 aromatic heterocycles. The number of allylic oxidation sites excluding steroid dienone is 1. The molecule has 0 bridgehead atoms. The third kappa shape index (κ3) is 3.74. The largest absolute Gasteiger partial charge is 0.375 e. The lowest BCUT2D eigenvalue weighted by molar-refractivity contribution is 0.157. The minimum atomic E-state index is 0.681. The molecule has 1 fully saturated rings. The van der Waals surface area contributed by atoms with Crippen molar-refractivity contribution in [2.75, 3.05) is 26.7 Å². The van der Waals surface area contributed by atoms with Gasteiger partial charge >= 0.3 is 0 Å². The summed E-state index contributed by atoms with van der Waals surface area (Å²) < 4.78 is 0. The summed E-state index contributed by atoms with van der Waals surface area (Å²) in [5.41, 5.74) is 0. The lowest BCUT2D eigenvalue weighted by Gasteiger charge is -2.42. The Kier molecular flexibility index (Phi) is 4.95. The summed E-state index contributed by atoms with van der Waals surface area (Å²) in [4.78, 5) is 2.39. The molecule has 0 spiro atoms. The van der Waals surface area contributed by atoms with Gasteiger partial charge in [0.2, 0.25) is 0 Å². The Labute approximate surface area is 93.9 Å². The van der Waals surface area contributed by atoms with Crippen molar-refractivity contribution in [1.29, 1.82) is 0 Å². The maximum Gasteiger partial charge on any atom is 0.0970 e. The summed E-state index contributed by atoms with van der Waals surface area (Å²) in [5.74, 6) is 2.02. The number of nitrogens with zero attached hydrogens (tertiary/aromatic N) is 1. The smallest absolute Gasteiger partial charge is 0.0970 e. The second kappa shape index (κ2) is 6.01. The molecule has 0 saturated carbocycles. The summed E-state index contributed by atoms with van der Waals surface area (Å²) in [5, 5.41) is 6.82. The molecule has 0 amide bonds. The van der Waals surface area contributed by atoms with Crippen LogP contribution in [-0.4, -0.2) is 37.6 Å². The van der Waals surface area contributed by atoms with Crippen LogP contribution in [0.1, 0.15) is 27.2 Å². The topological polar surface area (TPSA) is 27.3 Å². The zero-order valence-corrected chi connectivity index (χ0v) is 10.5. The standard InChI is InChI=1S/C12H25N3/c1-5-6-12(13-4)15-8-11(9-15)14-7-10(2)3/h6,10-11,13-14H,5,7-9H2,1-4H3/b12-6+. The van der Waals surface area contributed by atoms with Gasteiger partial charge in [-0.05, 0) is 25.0 Å². The summed E-state index contributed by atoms with van der Waals surface area (Å²) in [6, 6.07) is 0.681. The molecule has 0 aromatic rings. The average Bonchev–Trinajstić information content (AvgIpc) is 2.13. The van der Waals surface area contributed by atoms with Crippen molar-refractivity contribution < 1.29 is 0 Å². The van der Waals surface area contributed by atoms with Gasteiger partial charge in [0.15, 0.2) is 0 Å². The lowest BCUT2D eigenvalue weighted by Crippen LogP contribution is -2.59. The van der Waals surface area contributed by atoms with E-state index in [0.717, 1.165) is 32.0 Å². The van der Waals surface area contributed by atoms with Crippen LogP contribution < -0.4 is 10.6 Å². The van der Waals surface area contributed by atoms with E-state index in [4.69, 9.17) is 0 Å². The third-order valence-electron chi connectivity index (χ3n) is 2.69. The van der Waals surface area contributed by atoms with Crippen molar-refractivity contribution >= 4 is 0 Å². The van der Waals surface area contributed by atoms with Crippen molar-refractivity contribution in [2.24, 2.45) is 5.92 Å². The van der Waals surface area contributed by atoms with Gasteiger partial charge in [-0.2, -0.15) is 0 Å². The summed E-state index contributed by atoms with van der Waals surface area (Å²) in [6.07, 6.45) is 3.34. The molecular formula is C12H25N3. The van der Waals surface area contributed by atoms with E-state index in [2.05, 4.69) is 42.4 Å². The van der Waals surface area contributed by atoms with E-state index in [1.54, 1.807) is 0 Å². The normalized spacial score (nSPS) is 18.2. The van der Waals surface area contributed by atoms with E-state index < -0.39 is 0 Å². The van der Waals surface area contributed by atoms with Crippen molar-refractivity contribution in [1.82, 2.24) is 15.5 Å². The number of hydrogen-bond donors (Lipinski definition) is 2. The van der Waals surface area contributed by atoms with Gasteiger partial charge in [0.25, 0.3) is 0 Å². The van der Waals surface area contributed by atoms with Gasteiger partial charge in [0, 0.05) is 26.2 Å². The SMILES string of the molecule is CC/C=C(\NC)N1CC(NCC(C)C)C1. The van der Waals surface area contributed by atoms with Crippen molar-refractivity contribution in [3.05, 3.63) is 11.9 Å². The van der Waals surface area contributed by atoms with Crippen LogP contribution in [0, 0.1) is 5.92 Å². The van der Waals surface area contributed by atoms with Crippen LogP contribution in [0.4, 0.5) is 0 Å². The van der Waals surface area contributed by atoms with Crippen LogP contribution >= 0.6 is 0 Å². The number of hydrogen-bond acceptors (Lipinski definition) is 3. The first-order valence-electron chi connectivity index (χ1n) is 6.03. The van der Waals surface area contributed by atoms with Gasteiger partial charge in [-0.15, -0.1) is 0 Å². The highest BCUT2D eigenvalue weighted by molar-refractivity contribution is 5.05. The molecule has 1 aliphatic heterocycles. The highest BCUT2D eigenvalue weighted by Crippen LogP contribution is 2.13. The van der Waals surface area contributed by atoms with E-state index in [1.807, 2.05) is 7.05 Å². The molecule has 0 aliphatic carbocycles. The minimum absolute atomic E-state index is 0.681. The Morgan fingerprint density at radius 2 is 2.13 bits per heavy atom. The summed E-state index contributed by atoms with van der Waals surface area (Å²) in [6.45, 7) is 10.1. The first-order valence-corrected chi connectivity index (χ1v) is 6.03. The van der Waals surface area contributed by atoms with Gasteiger partial charge in [-0.1, -0.05) is 20.8 Å². The minimum Gasteiger partial charge on any atom is -0.375 e. The molecule has 1 rings (SSSR count). The molecular weight excluding hydrogens is 186 g/mol. The fraction of sp³-hybridized carbons (Fsp3) is 0.833. The molecule has 3 heteroatoms. The Morgan fingerprint density at radius 1 is 1.47 bits per heavy atom. The quantitative estimate of drug-likeness (QED) is 0.695. The second-order valence-electron chi connectivity index (χ2n) is 4.65. The van der Waals surface area contributed by atoms with Crippen LogP contribution in [0.15, 0.2) is 11.9 Å². The average molecular weight is 211 g/mol. The third-order valence-corrected chi connectivity index (χ3v) is 2.69. The molecule has 0 unspecified atom stereocenters. The van der Waals surface area contributed by atoms with Crippen LogP contribution in [-0.2, 0) is 0 Å². The zero-order valence-electron chi connectivity index (χ0n) is 10.5. The van der Waals surface area contributed by atoms with E-state index in [-0.39, 0.29) is 0 Å². The van der Waals surface area contributed by atoms with Gasteiger partial charge in [0.1, 0.15) is 0 Å². The highest BCUT2D eigenvalue weighted by atomic mass is 15.3. The van der Waals surface area contributed by atoms with Crippen LogP contribution in [0.3, 0.4) is 0 Å².